The van der Waals surface area contributed by atoms with Gasteiger partial charge in [-0.25, -0.2) is 0 Å². The maximum absolute atomic E-state index is 12.9. The fourth-order valence-corrected chi connectivity index (χ4v) is 9.62. The topological polar surface area (TPSA) is 78.9 Å². The van der Waals surface area contributed by atoms with E-state index in [2.05, 4.69) is 106 Å². The highest BCUT2D eigenvalue weighted by Crippen LogP contribution is 2.17. The van der Waals surface area contributed by atoms with Gasteiger partial charge in [0, 0.05) is 19.3 Å². The van der Waals surface area contributed by atoms with Crippen LogP contribution in [-0.2, 0) is 28.6 Å². The number of carbonyl (C=O) groups is 3. The molecule has 0 fully saturated rings. The summed E-state index contributed by atoms with van der Waals surface area (Å²) in [6.45, 7) is 6.53. The van der Waals surface area contributed by atoms with Gasteiger partial charge in [-0.1, -0.05) is 305 Å². The second-order valence-corrected chi connectivity index (χ2v) is 22.4. The predicted octanol–water partition coefficient (Wildman–Crippen LogP) is 23.1. The van der Waals surface area contributed by atoms with Gasteiger partial charge in [0.25, 0.3) is 0 Å². The minimum atomic E-state index is -0.799. The van der Waals surface area contributed by atoms with Crippen LogP contribution in [0.4, 0.5) is 0 Å². The Morgan fingerprint density at radius 2 is 0.500 bits per heavy atom. The van der Waals surface area contributed by atoms with E-state index in [4.69, 9.17) is 14.2 Å². The molecule has 0 rings (SSSR count). The number of hydrogen-bond acceptors (Lipinski definition) is 6. The van der Waals surface area contributed by atoms with Gasteiger partial charge in [-0.15, -0.1) is 0 Å². The van der Waals surface area contributed by atoms with Crippen molar-refractivity contribution in [3.63, 3.8) is 0 Å². The molecule has 1 atom stereocenters. The summed E-state index contributed by atoms with van der Waals surface area (Å²) in [5.74, 6) is -0.919. The minimum absolute atomic E-state index is 0.0910. The van der Waals surface area contributed by atoms with E-state index in [9.17, 15) is 14.4 Å². The molecule has 450 valence electrons. The molecule has 0 aliphatic rings. The van der Waals surface area contributed by atoms with Crippen LogP contribution in [0.25, 0.3) is 0 Å². The van der Waals surface area contributed by atoms with Crippen LogP contribution in [0.5, 0.6) is 0 Å². The highest BCUT2D eigenvalue weighted by atomic mass is 16.6. The summed E-state index contributed by atoms with van der Waals surface area (Å²) in [4.78, 5) is 38.4. The van der Waals surface area contributed by atoms with Crippen LogP contribution >= 0.6 is 0 Å². The van der Waals surface area contributed by atoms with E-state index >= 15 is 0 Å². The molecule has 0 aromatic rings. The third-order valence-electron chi connectivity index (χ3n) is 14.6. The fraction of sp³-hybridized carbons (Fsp3) is 0.764. The van der Waals surface area contributed by atoms with Gasteiger partial charge in [0.15, 0.2) is 6.10 Å². The number of esters is 3. The Hall–Kier alpha value is -3.41. The zero-order chi connectivity index (χ0) is 56.4. The quantitative estimate of drug-likeness (QED) is 0.0261. The van der Waals surface area contributed by atoms with E-state index in [1.165, 1.54) is 199 Å². The molecule has 78 heavy (non-hydrogen) atoms. The van der Waals surface area contributed by atoms with Crippen molar-refractivity contribution in [2.24, 2.45) is 0 Å². The summed E-state index contributed by atoms with van der Waals surface area (Å²) in [5, 5.41) is 0. The first-order valence-corrected chi connectivity index (χ1v) is 33.6. The maximum Gasteiger partial charge on any atom is 0.306 e. The van der Waals surface area contributed by atoms with Crippen molar-refractivity contribution < 1.29 is 28.6 Å². The Morgan fingerprint density at radius 1 is 0.269 bits per heavy atom. The Kier molecular flexibility index (Phi) is 63.2. The number of unbranched alkanes of at least 4 members (excludes halogenated alkanes) is 36. The summed E-state index contributed by atoms with van der Waals surface area (Å²) in [6, 6.07) is 0. The molecular formula is C72H126O6. The molecule has 0 aromatic carbocycles. The monoisotopic (exact) mass is 1090 g/mol. The normalized spacial score (nSPS) is 12.6. The third kappa shape index (κ3) is 63.4. The van der Waals surface area contributed by atoms with Crippen LogP contribution in [0.1, 0.15) is 335 Å². The Labute approximate surface area is 484 Å². The SMILES string of the molecule is CC/C=C\C/C=C\C/C=C\C/C=C\C/C=C\C/C=C\CCCCC(=O)OC(COC(=O)CCCCCCCCCCCCCCCC)COC(=O)CCCCCCCCCCCCCCC/C=C\CCCCCCCCCC. The molecule has 0 N–H and O–H groups in total. The second-order valence-electron chi connectivity index (χ2n) is 22.4. The van der Waals surface area contributed by atoms with E-state index in [0.29, 0.717) is 19.3 Å². The number of rotatable bonds is 61. The zero-order valence-corrected chi connectivity index (χ0v) is 51.7. The van der Waals surface area contributed by atoms with Crippen molar-refractivity contribution in [2.75, 3.05) is 13.2 Å². The first kappa shape index (κ1) is 74.6. The predicted molar refractivity (Wildman–Crippen MR) is 339 cm³/mol. The zero-order valence-electron chi connectivity index (χ0n) is 51.7. The lowest BCUT2D eigenvalue weighted by atomic mass is 10.0. The third-order valence-corrected chi connectivity index (χ3v) is 14.6. The number of carbonyl (C=O) groups excluding carboxylic acids is 3. The molecule has 0 saturated heterocycles. The van der Waals surface area contributed by atoms with Gasteiger partial charge in [-0.3, -0.25) is 14.4 Å². The van der Waals surface area contributed by atoms with E-state index in [1.54, 1.807) is 0 Å². The van der Waals surface area contributed by atoms with Gasteiger partial charge < -0.3 is 14.2 Å². The highest BCUT2D eigenvalue weighted by Gasteiger charge is 2.19. The number of ether oxygens (including phenoxy) is 3. The van der Waals surface area contributed by atoms with Crippen LogP contribution in [0.3, 0.4) is 0 Å². The Balaban J connectivity index is 4.36. The van der Waals surface area contributed by atoms with E-state index in [0.717, 1.165) is 89.9 Å². The number of allylic oxidation sites excluding steroid dienone is 14. The van der Waals surface area contributed by atoms with E-state index < -0.39 is 6.10 Å². The summed E-state index contributed by atoms with van der Waals surface area (Å²) in [7, 11) is 0. The molecule has 0 amide bonds. The van der Waals surface area contributed by atoms with Crippen LogP contribution < -0.4 is 0 Å². The highest BCUT2D eigenvalue weighted by molar-refractivity contribution is 5.71. The largest absolute Gasteiger partial charge is 0.462 e. The van der Waals surface area contributed by atoms with Crippen molar-refractivity contribution in [3.8, 4) is 0 Å². The standard InChI is InChI=1S/C72H126O6/c1-4-7-10-13-16-19-22-25-28-30-32-34-35-36-37-39-40-42-44-47-50-53-56-59-62-65-71(74)77-68-69(67-76-70(73)64-61-58-55-52-49-46-27-24-21-18-15-12-9-6-3)78-72(75)66-63-60-57-54-51-48-45-43-41-38-33-31-29-26-23-20-17-14-11-8-5-2/h8,11,17,20,26,29-30,32-33,38,43,45,51,54,69H,4-7,9-10,12-16,18-19,21-25,27-28,31,34-37,39-42,44,46-50,52-53,55-68H2,1-3H3/b11-8-,20-17-,29-26-,32-30-,38-33-,45-43-,54-51-. The first-order chi connectivity index (χ1) is 38.5. The molecule has 0 heterocycles. The van der Waals surface area contributed by atoms with E-state index in [1.807, 2.05) is 0 Å². The van der Waals surface area contributed by atoms with Crippen molar-refractivity contribution >= 4 is 17.9 Å². The molecule has 6 heteroatoms. The molecule has 0 saturated carbocycles. The summed E-state index contributed by atoms with van der Waals surface area (Å²) in [6.07, 6.45) is 87.4. The van der Waals surface area contributed by atoms with Gasteiger partial charge >= 0.3 is 17.9 Å². The minimum Gasteiger partial charge on any atom is -0.462 e. The van der Waals surface area contributed by atoms with Crippen LogP contribution in [0.15, 0.2) is 85.1 Å². The van der Waals surface area contributed by atoms with Crippen LogP contribution in [0, 0.1) is 0 Å². The molecular weight excluding hydrogens is 961 g/mol. The van der Waals surface area contributed by atoms with Crippen molar-refractivity contribution in [3.05, 3.63) is 85.1 Å². The van der Waals surface area contributed by atoms with Crippen LogP contribution in [0.2, 0.25) is 0 Å². The molecule has 0 spiro atoms. The first-order valence-electron chi connectivity index (χ1n) is 33.6. The van der Waals surface area contributed by atoms with E-state index in [-0.39, 0.29) is 37.5 Å². The summed E-state index contributed by atoms with van der Waals surface area (Å²) >= 11 is 0. The van der Waals surface area contributed by atoms with Gasteiger partial charge in [0.1, 0.15) is 13.2 Å². The van der Waals surface area contributed by atoms with Gasteiger partial charge in [-0.2, -0.15) is 0 Å². The van der Waals surface area contributed by atoms with Gasteiger partial charge in [0.05, 0.1) is 0 Å². The lowest BCUT2D eigenvalue weighted by Crippen LogP contribution is -2.30. The average Bonchev–Trinajstić information content (AvgIpc) is 3.44. The lowest BCUT2D eigenvalue weighted by molar-refractivity contribution is -0.167. The molecule has 0 aliphatic carbocycles. The molecule has 0 aliphatic heterocycles. The number of hydrogen-bond donors (Lipinski definition) is 0. The van der Waals surface area contributed by atoms with Gasteiger partial charge in [0.2, 0.25) is 0 Å². The smallest absolute Gasteiger partial charge is 0.306 e. The van der Waals surface area contributed by atoms with Crippen molar-refractivity contribution in [1.82, 2.24) is 0 Å². The molecule has 1 unspecified atom stereocenters. The molecule has 0 bridgehead atoms. The summed E-state index contributed by atoms with van der Waals surface area (Å²) in [5.41, 5.74) is 0. The Morgan fingerprint density at radius 3 is 0.821 bits per heavy atom. The molecule has 0 radical (unpaired) electrons. The van der Waals surface area contributed by atoms with Crippen molar-refractivity contribution in [2.45, 2.75) is 341 Å². The average molecular weight is 1090 g/mol. The van der Waals surface area contributed by atoms with Crippen LogP contribution in [-0.4, -0.2) is 37.2 Å². The lowest BCUT2D eigenvalue weighted by Gasteiger charge is -2.18. The fourth-order valence-electron chi connectivity index (χ4n) is 9.62. The summed E-state index contributed by atoms with van der Waals surface area (Å²) < 4.78 is 16.9. The van der Waals surface area contributed by atoms with Gasteiger partial charge in [-0.05, 0) is 96.3 Å². The molecule has 6 nitrogen and oxygen atoms in total. The van der Waals surface area contributed by atoms with Crippen molar-refractivity contribution in [1.29, 1.82) is 0 Å². The Bertz CT molecular complexity index is 1480. The second kappa shape index (κ2) is 66.1. The molecule has 0 aromatic heterocycles. The maximum atomic E-state index is 12.9.